The number of methoxy groups -OCH3 is 1. The Labute approximate surface area is 87.8 Å². The third-order valence-corrected chi connectivity index (χ3v) is 2.33. The van der Waals surface area contributed by atoms with Crippen LogP contribution < -0.4 is 10.5 Å². The number of ether oxygens (including phenoxy) is 1. The van der Waals surface area contributed by atoms with E-state index in [0.29, 0.717) is 11.3 Å². The van der Waals surface area contributed by atoms with E-state index in [1.807, 2.05) is 0 Å². The number of nitrogens with two attached hydrogens (primary N) is 1. The van der Waals surface area contributed by atoms with Gasteiger partial charge in [0, 0.05) is 5.54 Å². The molecule has 1 rings (SSSR count). The molecule has 0 fully saturated rings. The zero-order chi connectivity index (χ0) is 10.9. The van der Waals surface area contributed by atoms with Gasteiger partial charge in [-0.15, -0.1) is 0 Å². The molecule has 0 aromatic heterocycles. The minimum absolute atomic E-state index is 0.0134. The summed E-state index contributed by atoms with van der Waals surface area (Å²) >= 11 is 5.67. The number of rotatable bonds is 2. The summed E-state index contributed by atoms with van der Waals surface area (Å²) < 4.78 is 18.2. The van der Waals surface area contributed by atoms with E-state index in [4.69, 9.17) is 22.1 Å². The fraction of sp³-hybridized carbons (Fsp3) is 0.400. The van der Waals surface area contributed by atoms with Crippen molar-refractivity contribution in [2.75, 3.05) is 7.11 Å². The second-order valence-corrected chi connectivity index (χ2v) is 4.07. The van der Waals surface area contributed by atoms with E-state index in [1.165, 1.54) is 13.2 Å². The van der Waals surface area contributed by atoms with Gasteiger partial charge in [-0.3, -0.25) is 0 Å². The maximum atomic E-state index is 13.3. The van der Waals surface area contributed by atoms with Crippen LogP contribution in [0.3, 0.4) is 0 Å². The van der Waals surface area contributed by atoms with Gasteiger partial charge in [-0.2, -0.15) is 0 Å². The summed E-state index contributed by atoms with van der Waals surface area (Å²) in [6, 6.07) is 2.97. The second kappa shape index (κ2) is 3.75. The molecule has 0 spiro atoms. The highest BCUT2D eigenvalue weighted by Gasteiger charge is 2.18. The summed E-state index contributed by atoms with van der Waals surface area (Å²) in [6.07, 6.45) is 0. The Bertz CT molecular complexity index is 347. The molecule has 0 aliphatic rings. The van der Waals surface area contributed by atoms with Gasteiger partial charge in [0.15, 0.2) is 0 Å². The van der Waals surface area contributed by atoms with Crippen molar-refractivity contribution in [3.8, 4) is 5.75 Å². The monoisotopic (exact) mass is 217 g/mol. The number of halogens is 2. The Kier molecular flexibility index (Phi) is 3.02. The summed E-state index contributed by atoms with van der Waals surface area (Å²) in [5.74, 6) is -0.209. The molecular formula is C10H13ClFNO. The van der Waals surface area contributed by atoms with Gasteiger partial charge in [0.2, 0.25) is 0 Å². The van der Waals surface area contributed by atoms with E-state index in [1.54, 1.807) is 19.9 Å². The summed E-state index contributed by atoms with van der Waals surface area (Å²) in [7, 11) is 1.44. The molecule has 1 aromatic carbocycles. The van der Waals surface area contributed by atoms with Crippen molar-refractivity contribution in [2.24, 2.45) is 5.73 Å². The van der Waals surface area contributed by atoms with Crippen LogP contribution in [-0.4, -0.2) is 7.11 Å². The van der Waals surface area contributed by atoms with Crippen LogP contribution in [-0.2, 0) is 5.54 Å². The zero-order valence-corrected chi connectivity index (χ0v) is 9.15. The molecule has 0 heterocycles. The van der Waals surface area contributed by atoms with E-state index in [2.05, 4.69) is 0 Å². The van der Waals surface area contributed by atoms with Gasteiger partial charge in [-0.1, -0.05) is 11.6 Å². The molecule has 0 aliphatic heterocycles. The molecule has 78 valence electrons. The fourth-order valence-electron chi connectivity index (χ4n) is 1.08. The lowest BCUT2D eigenvalue weighted by atomic mass is 9.95. The van der Waals surface area contributed by atoms with Crippen molar-refractivity contribution in [2.45, 2.75) is 19.4 Å². The summed E-state index contributed by atoms with van der Waals surface area (Å²) in [5, 5.41) is -0.0134. The van der Waals surface area contributed by atoms with Crippen molar-refractivity contribution in [1.82, 2.24) is 0 Å². The van der Waals surface area contributed by atoms with E-state index < -0.39 is 11.4 Å². The Balaban J connectivity index is 3.30. The smallest absolute Gasteiger partial charge is 0.145 e. The third kappa shape index (κ3) is 2.16. The lowest BCUT2D eigenvalue weighted by Crippen LogP contribution is -2.28. The van der Waals surface area contributed by atoms with Crippen molar-refractivity contribution in [3.05, 3.63) is 28.5 Å². The van der Waals surface area contributed by atoms with Crippen LogP contribution >= 0.6 is 11.6 Å². The van der Waals surface area contributed by atoms with Crippen LogP contribution in [0.4, 0.5) is 4.39 Å². The highest BCUT2D eigenvalue weighted by molar-refractivity contribution is 6.32. The van der Waals surface area contributed by atoms with Crippen molar-refractivity contribution in [1.29, 1.82) is 0 Å². The molecule has 2 nitrogen and oxygen atoms in total. The van der Waals surface area contributed by atoms with E-state index in [9.17, 15) is 4.39 Å². The Morgan fingerprint density at radius 2 is 2.00 bits per heavy atom. The quantitative estimate of drug-likeness (QED) is 0.827. The molecule has 0 atom stereocenters. The molecule has 0 unspecified atom stereocenters. The maximum absolute atomic E-state index is 13.3. The number of hydrogen-bond acceptors (Lipinski definition) is 2. The molecule has 0 radical (unpaired) electrons. The van der Waals surface area contributed by atoms with E-state index in [0.717, 1.165) is 0 Å². The summed E-state index contributed by atoms with van der Waals surface area (Å²) in [6.45, 7) is 3.57. The topological polar surface area (TPSA) is 35.2 Å². The average Bonchev–Trinajstić information content (AvgIpc) is 2.07. The highest BCUT2D eigenvalue weighted by Crippen LogP contribution is 2.31. The minimum atomic E-state index is -0.612. The van der Waals surface area contributed by atoms with Gasteiger partial charge < -0.3 is 10.5 Å². The molecule has 4 heteroatoms. The van der Waals surface area contributed by atoms with Gasteiger partial charge >= 0.3 is 0 Å². The standard InChI is InChI=1S/C10H13ClFNO/c1-10(2,13)6-4-7(12)9(11)8(5-6)14-3/h4-5H,13H2,1-3H3. The first-order valence-corrected chi connectivity index (χ1v) is 4.56. The maximum Gasteiger partial charge on any atom is 0.145 e. The summed E-state index contributed by atoms with van der Waals surface area (Å²) in [4.78, 5) is 0. The lowest BCUT2D eigenvalue weighted by molar-refractivity contribution is 0.408. The molecule has 0 saturated heterocycles. The van der Waals surface area contributed by atoms with Crippen LogP contribution in [0.1, 0.15) is 19.4 Å². The van der Waals surface area contributed by atoms with Crippen molar-refractivity contribution in [3.63, 3.8) is 0 Å². The van der Waals surface area contributed by atoms with Crippen LogP contribution in [0.15, 0.2) is 12.1 Å². The first-order chi connectivity index (χ1) is 6.36. The molecule has 0 amide bonds. The van der Waals surface area contributed by atoms with E-state index in [-0.39, 0.29) is 5.02 Å². The lowest BCUT2D eigenvalue weighted by Gasteiger charge is -2.20. The van der Waals surface area contributed by atoms with Crippen molar-refractivity contribution >= 4 is 11.6 Å². The molecule has 1 aromatic rings. The fourth-order valence-corrected chi connectivity index (χ4v) is 1.27. The van der Waals surface area contributed by atoms with Crippen LogP contribution in [0.2, 0.25) is 5.02 Å². The first-order valence-electron chi connectivity index (χ1n) is 4.18. The van der Waals surface area contributed by atoms with Crippen molar-refractivity contribution < 1.29 is 9.13 Å². The van der Waals surface area contributed by atoms with Crippen LogP contribution in [0, 0.1) is 5.82 Å². The zero-order valence-electron chi connectivity index (χ0n) is 8.40. The third-order valence-electron chi connectivity index (χ3n) is 1.96. The number of benzene rings is 1. The predicted molar refractivity (Wildman–Crippen MR) is 55.2 cm³/mol. The molecular weight excluding hydrogens is 205 g/mol. The molecule has 0 bridgehead atoms. The predicted octanol–water partition coefficient (Wildman–Crippen LogP) is 2.68. The largest absolute Gasteiger partial charge is 0.495 e. The first kappa shape index (κ1) is 11.3. The molecule has 2 N–H and O–H groups in total. The molecule has 14 heavy (non-hydrogen) atoms. The Morgan fingerprint density at radius 1 is 1.43 bits per heavy atom. The van der Waals surface area contributed by atoms with Crippen LogP contribution in [0.5, 0.6) is 5.75 Å². The Hall–Kier alpha value is -0.800. The SMILES string of the molecule is COc1cc(C(C)(C)N)cc(F)c1Cl. The van der Waals surface area contributed by atoms with Gasteiger partial charge in [0.1, 0.15) is 16.6 Å². The Morgan fingerprint density at radius 3 is 2.43 bits per heavy atom. The average molecular weight is 218 g/mol. The molecule has 0 saturated carbocycles. The van der Waals surface area contributed by atoms with E-state index >= 15 is 0 Å². The van der Waals surface area contributed by atoms with Gasteiger partial charge in [0.05, 0.1) is 7.11 Å². The van der Waals surface area contributed by atoms with Crippen LogP contribution in [0.25, 0.3) is 0 Å². The summed E-state index contributed by atoms with van der Waals surface area (Å²) in [5.41, 5.74) is 5.87. The normalized spacial score (nSPS) is 11.6. The highest BCUT2D eigenvalue weighted by atomic mass is 35.5. The van der Waals surface area contributed by atoms with Gasteiger partial charge in [-0.05, 0) is 31.5 Å². The molecule has 0 aliphatic carbocycles. The minimum Gasteiger partial charge on any atom is -0.495 e. The van der Waals surface area contributed by atoms with Gasteiger partial charge in [-0.25, -0.2) is 4.39 Å². The van der Waals surface area contributed by atoms with Gasteiger partial charge in [0.25, 0.3) is 0 Å². The number of hydrogen-bond donors (Lipinski definition) is 1. The second-order valence-electron chi connectivity index (χ2n) is 3.70.